The molecule has 1 unspecified atom stereocenters. The lowest BCUT2D eigenvalue weighted by Gasteiger charge is -2.26. The molecule has 3 N–H and O–H groups in total. The molecule has 10 nitrogen and oxygen atoms in total. The number of nitrogens with two attached hydrogens (primary N) is 1. The molecule has 5 rings (SSSR count). The van der Waals surface area contributed by atoms with Gasteiger partial charge in [0.15, 0.2) is 5.69 Å². The number of cyclic esters (lactones) is 1. The van der Waals surface area contributed by atoms with Crippen LogP contribution in [0.4, 0.5) is 29.9 Å². The third kappa shape index (κ3) is 6.12. The largest absolute Gasteiger partial charge is 0.439 e. The molecule has 2 fully saturated rings. The number of hydrogen-bond donors (Lipinski definition) is 2. The number of alkyl carbamates (subject to hydrolysis) is 1. The summed E-state index contributed by atoms with van der Waals surface area (Å²) in [4.78, 5) is 27.8. The smallest absolute Gasteiger partial charge is 0.434 e. The summed E-state index contributed by atoms with van der Waals surface area (Å²) in [7, 11) is 0. The molecule has 2 aliphatic heterocycles. The first-order valence-corrected chi connectivity index (χ1v) is 10.7. The second-order valence-electron chi connectivity index (χ2n) is 7.52. The van der Waals surface area contributed by atoms with Crippen LogP contribution >= 0.6 is 0 Å². The normalized spacial score (nSPS) is 17.7. The van der Waals surface area contributed by atoms with E-state index in [1.807, 2.05) is 35.2 Å². The number of alkyl halides is 3. The molecule has 0 radical (unpaired) electrons. The number of aromatic nitrogens is 4. The predicted molar refractivity (Wildman–Crippen MR) is 119 cm³/mol. The van der Waals surface area contributed by atoms with E-state index in [0.717, 1.165) is 11.8 Å². The monoisotopic (exact) mass is 489 g/mol. The van der Waals surface area contributed by atoms with E-state index in [-0.39, 0.29) is 23.5 Å². The van der Waals surface area contributed by atoms with E-state index < -0.39 is 17.8 Å². The third-order valence-electron chi connectivity index (χ3n) is 5.14. The minimum absolute atomic E-state index is 0.0915. The number of carbonyl (C=O) groups excluding carboxylic acids is 1. The van der Waals surface area contributed by atoms with Gasteiger partial charge >= 0.3 is 12.3 Å². The van der Waals surface area contributed by atoms with Crippen LogP contribution in [0, 0.1) is 0 Å². The molecular formula is C22H22F3N7O3. The van der Waals surface area contributed by atoms with Gasteiger partial charge in [-0.1, -0.05) is 30.3 Å². The van der Waals surface area contributed by atoms with Crippen LogP contribution in [0.2, 0.25) is 0 Å². The molecule has 0 saturated carbocycles. The summed E-state index contributed by atoms with van der Waals surface area (Å²) in [6, 6.07) is 11.1. The third-order valence-corrected chi connectivity index (χ3v) is 5.14. The minimum atomic E-state index is -4.66. The van der Waals surface area contributed by atoms with E-state index in [1.54, 1.807) is 0 Å². The molecule has 0 bridgehead atoms. The van der Waals surface area contributed by atoms with Crippen molar-refractivity contribution in [2.75, 3.05) is 43.5 Å². The average molecular weight is 489 g/mol. The van der Waals surface area contributed by atoms with Crippen molar-refractivity contribution in [2.45, 2.75) is 12.3 Å². The van der Waals surface area contributed by atoms with Crippen molar-refractivity contribution in [2.24, 2.45) is 0 Å². The van der Waals surface area contributed by atoms with Gasteiger partial charge in [-0.3, -0.25) is 0 Å². The van der Waals surface area contributed by atoms with Crippen LogP contribution in [0.25, 0.3) is 11.3 Å². The fraction of sp³-hybridized carbons (Fsp3) is 0.318. The molecule has 1 amide bonds. The Bertz CT molecular complexity index is 1160. The van der Waals surface area contributed by atoms with Gasteiger partial charge in [-0.25, -0.2) is 24.7 Å². The lowest BCUT2D eigenvalue weighted by molar-refractivity contribution is -0.140. The number of amides is 1. The van der Waals surface area contributed by atoms with Gasteiger partial charge in [-0.05, 0) is 11.6 Å². The maximum absolute atomic E-state index is 13.2. The second-order valence-corrected chi connectivity index (χ2v) is 7.52. The van der Waals surface area contributed by atoms with Crippen molar-refractivity contribution < 1.29 is 27.4 Å². The highest BCUT2D eigenvalue weighted by Gasteiger charge is 2.37. The molecule has 3 aromatic rings. The van der Waals surface area contributed by atoms with Crippen LogP contribution in [0.1, 0.15) is 17.4 Å². The van der Waals surface area contributed by atoms with Crippen molar-refractivity contribution in [3.63, 3.8) is 0 Å². The number of nitrogens with zero attached hydrogens (tertiary/aromatic N) is 5. The van der Waals surface area contributed by atoms with E-state index in [9.17, 15) is 18.0 Å². The molecule has 4 heterocycles. The first kappa shape index (κ1) is 24.1. The average Bonchev–Trinajstić information content (AvgIpc) is 3.31. The highest BCUT2D eigenvalue weighted by Crippen LogP contribution is 2.35. The van der Waals surface area contributed by atoms with Crippen molar-refractivity contribution in [3.8, 4) is 11.3 Å². The van der Waals surface area contributed by atoms with Gasteiger partial charge in [0.25, 0.3) is 0 Å². The standard InChI is InChI=1S/C13H13F3N6O.C9H9NO2/c14-13(15,16)10-8(7-19-11(17)21-10)9-1-2-18-12(20-9)22-3-5-23-6-4-22;11-9-10-6-8(12-9)7-4-2-1-3-5-7/h1-2,7H,3-6H2,(H2,17,19,21);1-5,8H,6H2,(H,10,11). The van der Waals surface area contributed by atoms with E-state index in [2.05, 4.69) is 25.3 Å². The lowest BCUT2D eigenvalue weighted by atomic mass is 10.1. The van der Waals surface area contributed by atoms with Gasteiger partial charge in [0.1, 0.15) is 6.10 Å². The topological polar surface area (TPSA) is 128 Å². The van der Waals surface area contributed by atoms with Crippen molar-refractivity contribution >= 4 is 18.0 Å². The van der Waals surface area contributed by atoms with Gasteiger partial charge in [0, 0.05) is 31.0 Å². The fourth-order valence-corrected chi connectivity index (χ4v) is 3.46. The Morgan fingerprint density at radius 1 is 1.06 bits per heavy atom. The summed E-state index contributed by atoms with van der Waals surface area (Å²) in [5, 5.41) is 2.61. The van der Waals surface area contributed by atoms with Crippen LogP contribution < -0.4 is 16.0 Å². The van der Waals surface area contributed by atoms with E-state index in [4.69, 9.17) is 15.2 Å². The maximum Gasteiger partial charge on any atom is 0.434 e. The van der Waals surface area contributed by atoms with Crippen LogP contribution in [0.3, 0.4) is 0 Å². The van der Waals surface area contributed by atoms with Crippen LogP contribution in [-0.2, 0) is 15.7 Å². The van der Waals surface area contributed by atoms with Crippen molar-refractivity contribution in [1.82, 2.24) is 25.3 Å². The molecule has 2 saturated heterocycles. The Morgan fingerprint density at radius 3 is 2.46 bits per heavy atom. The minimum Gasteiger partial charge on any atom is -0.439 e. The molecule has 184 valence electrons. The van der Waals surface area contributed by atoms with Gasteiger partial charge in [0.2, 0.25) is 11.9 Å². The number of ether oxygens (including phenoxy) is 2. The maximum atomic E-state index is 13.2. The van der Waals surface area contributed by atoms with E-state index in [0.29, 0.717) is 38.8 Å². The van der Waals surface area contributed by atoms with Crippen molar-refractivity contribution in [3.05, 3.63) is 60.0 Å². The summed E-state index contributed by atoms with van der Waals surface area (Å²) >= 11 is 0. The summed E-state index contributed by atoms with van der Waals surface area (Å²) in [6.45, 7) is 2.77. The van der Waals surface area contributed by atoms with Gasteiger partial charge < -0.3 is 25.4 Å². The Kier molecular flexibility index (Phi) is 7.25. The van der Waals surface area contributed by atoms with Crippen LogP contribution in [-0.4, -0.2) is 58.9 Å². The molecule has 1 aromatic carbocycles. The second kappa shape index (κ2) is 10.5. The number of halogens is 3. The van der Waals surface area contributed by atoms with Gasteiger partial charge in [-0.15, -0.1) is 0 Å². The molecule has 0 aliphatic carbocycles. The number of nitrogens with one attached hydrogen (secondary N) is 1. The summed E-state index contributed by atoms with van der Waals surface area (Å²) in [6.07, 6.45) is -2.67. The van der Waals surface area contributed by atoms with E-state index in [1.165, 1.54) is 12.3 Å². The number of hydrogen-bond acceptors (Lipinski definition) is 9. The number of rotatable bonds is 3. The predicted octanol–water partition coefficient (Wildman–Crippen LogP) is 2.84. The lowest BCUT2D eigenvalue weighted by Crippen LogP contribution is -2.37. The summed E-state index contributed by atoms with van der Waals surface area (Å²) < 4.78 is 49.7. The zero-order valence-corrected chi connectivity index (χ0v) is 18.4. The first-order chi connectivity index (χ1) is 16.8. The molecule has 2 aromatic heterocycles. The number of nitrogen functional groups attached to an aromatic ring is 1. The van der Waals surface area contributed by atoms with Crippen LogP contribution in [0.5, 0.6) is 0 Å². The number of anilines is 2. The summed E-state index contributed by atoms with van der Waals surface area (Å²) in [5.74, 6) is -0.0979. The SMILES string of the molecule is Nc1ncc(-c2ccnc(N3CCOCC3)n2)c(C(F)(F)F)n1.O=C1NCC(c2ccccc2)O1. The Morgan fingerprint density at radius 2 is 1.80 bits per heavy atom. The number of carbonyl (C=O) groups is 1. The highest BCUT2D eigenvalue weighted by atomic mass is 19.4. The Hall–Kier alpha value is -4.00. The Balaban J connectivity index is 0.000000201. The van der Waals surface area contributed by atoms with E-state index >= 15 is 0 Å². The molecule has 13 heteroatoms. The highest BCUT2D eigenvalue weighted by molar-refractivity contribution is 5.69. The number of morpholine rings is 1. The van der Waals surface area contributed by atoms with Gasteiger partial charge in [-0.2, -0.15) is 13.2 Å². The summed E-state index contributed by atoms with van der Waals surface area (Å²) in [5.41, 5.74) is 5.05. The number of benzene rings is 1. The zero-order valence-electron chi connectivity index (χ0n) is 18.4. The first-order valence-electron chi connectivity index (χ1n) is 10.7. The quantitative estimate of drug-likeness (QED) is 0.571. The molecule has 2 aliphatic rings. The van der Waals surface area contributed by atoms with Crippen molar-refractivity contribution in [1.29, 1.82) is 0 Å². The molecule has 0 spiro atoms. The van der Waals surface area contributed by atoms with Crippen LogP contribution in [0.15, 0.2) is 48.8 Å². The Labute approximate surface area is 198 Å². The molecule has 35 heavy (non-hydrogen) atoms. The van der Waals surface area contributed by atoms with Gasteiger partial charge in [0.05, 0.1) is 25.5 Å². The zero-order chi connectivity index (χ0) is 24.8. The molecular weight excluding hydrogens is 467 g/mol. The fourth-order valence-electron chi connectivity index (χ4n) is 3.46. The molecule has 1 atom stereocenters.